The number of para-hydroxylation sites is 2. The maximum absolute atomic E-state index is 8.94. The minimum absolute atomic E-state index is 0.622. The molecule has 0 saturated carbocycles. The second-order valence-corrected chi connectivity index (χ2v) is 6.74. The first-order valence-electron chi connectivity index (χ1n) is 9.53. The van der Waals surface area contributed by atoms with Crippen LogP contribution in [0, 0.1) is 18.3 Å². The third-order valence-corrected chi connectivity index (χ3v) is 4.64. The molecule has 2 heterocycles. The molecular formula is C22H22N6O. The Bertz CT molecular complexity index is 1020. The van der Waals surface area contributed by atoms with Gasteiger partial charge in [0.15, 0.2) is 0 Å². The molecule has 146 valence electrons. The number of nitriles is 1. The molecule has 0 bridgehead atoms. The van der Waals surface area contributed by atoms with Crippen molar-refractivity contribution < 1.29 is 4.74 Å². The van der Waals surface area contributed by atoms with Crippen molar-refractivity contribution in [3.8, 4) is 6.07 Å². The molecule has 1 aromatic heterocycles. The number of nitrogens with one attached hydrogen (secondary N) is 2. The van der Waals surface area contributed by atoms with Crippen LogP contribution < -0.4 is 15.5 Å². The summed E-state index contributed by atoms with van der Waals surface area (Å²) in [5.74, 6) is 2.07. The molecule has 1 aliphatic heterocycles. The zero-order chi connectivity index (χ0) is 20.1. The van der Waals surface area contributed by atoms with Crippen LogP contribution in [0.3, 0.4) is 0 Å². The van der Waals surface area contributed by atoms with Gasteiger partial charge in [0.05, 0.1) is 36.2 Å². The number of hydrogen-bond acceptors (Lipinski definition) is 7. The van der Waals surface area contributed by atoms with Crippen molar-refractivity contribution in [3.05, 3.63) is 66.0 Å². The van der Waals surface area contributed by atoms with Crippen molar-refractivity contribution in [1.29, 1.82) is 5.26 Å². The number of benzene rings is 2. The summed E-state index contributed by atoms with van der Waals surface area (Å²) in [6.07, 6.45) is 0. The molecule has 0 aliphatic carbocycles. The Morgan fingerprint density at radius 2 is 1.66 bits per heavy atom. The first-order valence-corrected chi connectivity index (χ1v) is 9.53. The molecule has 7 nitrogen and oxygen atoms in total. The molecule has 4 rings (SSSR count). The number of nitrogens with zero attached hydrogens (tertiary/aromatic N) is 4. The lowest BCUT2D eigenvalue weighted by Crippen LogP contribution is -2.36. The number of morpholine rings is 1. The second kappa shape index (κ2) is 8.59. The molecule has 1 aliphatic rings. The van der Waals surface area contributed by atoms with Crippen LogP contribution in [0.15, 0.2) is 54.6 Å². The van der Waals surface area contributed by atoms with Gasteiger partial charge in [0, 0.05) is 24.8 Å². The summed E-state index contributed by atoms with van der Waals surface area (Å²) >= 11 is 0. The summed E-state index contributed by atoms with van der Waals surface area (Å²) < 4.78 is 5.47. The predicted molar refractivity (Wildman–Crippen MR) is 114 cm³/mol. The number of aromatic nitrogens is 2. The normalized spacial score (nSPS) is 13.6. The summed E-state index contributed by atoms with van der Waals surface area (Å²) in [6.45, 7) is 5.07. The molecule has 0 radical (unpaired) electrons. The molecule has 2 N–H and O–H groups in total. The molecule has 29 heavy (non-hydrogen) atoms. The van der Waals surface area contributed by atoms with Crippen LogP contribution in [0.1, 0.15) is 11.4 Å². The summed E-state index contributed by atoms with van der Waals surface area (Å²) in [7, 11) is 0. The Morgan fingerprint density at radius 1 is 0.966 bits per heavy atom. The summed E-state index contributed by atoms with van der Waals surface area (Å²) in [4.78, 5) is 11.3. The number of anilines is 5. The van der Waals surface area contributed by atoms with E-state index in [9.17, 15) is 0 Å². The number of hydrogen-bond donors (Lipinski definition) is 2. The van der Waals surface area contributed by atoms with Crippen LogP contribution in [0.5, 0.6) is 0 Å². The lowest BCUT2D eigenvalue weighted by molar-refractivity contribution is 0.123. The molecule has 0 atom stereocenters. The minimum Gasteiger partial charge on any atom is -0.378 e. The number of rotatable bonds is 5. The average molecular weight is 386 g/mol. The van der Waals surface area contributed by atoms with Crippen molar-refractivity contribution in [3.63, 3.8) is 0 Å². The fourth-order valence-electron chi connectivity index (χ4n) is 3.27. The molecule has 0 unspecified atom stereocenters. The van der Waals surface area contributed by atoms with Gasteiger partial charge in [-0.05, 0) is 43.3 Å². The lowest BCUT2D eigenvalue weighted by atomic mass is 10.2. The van der Waals surface area contributed by atoms with Crippen molar-refractivity contribution in [2.24, 2.45) is 0 Å². The van der Waals surface area contributed by atoms with Crippen molar-refractivity contribution >= 4 is 28.7 Å². The molecule has 1 saturated heterocycles. The van der Waals surface area contributed by atoms with Gasteiger partial charge in [0.25, 0.3) is 0 Å². The molecule has 1 fully saturated rings. The van der Waals surface area contributed by atoms with Crippen LogP contribution in [0.25, 0.3) is 0 Å². The maximum Gasteiger partial charge on any atom is 0.136 e. The fraction of sp³-hybridized carbons (Fsp3) is 0.227. The smallest absolute Gasteiger partial charge is 0.136 e. The van der Waals surface area contributed by atoms with Gasteiger partial charge in [0.2, 0.25) is 0 Å². The molecule has 3 aromatic rings. The van der Waals surface area contributed by atoms with E-state index in [-0.39, 0.29) is 0 Å². The number of ether oxygens (including phenoxy) is 1. The largest absolute Gasteiger partial charge is 0.378 e. The average Bonchev–Trinajstić information content (AvgIpc) is 2.75. The van der Waals surface area contributed by atoms with Gasteiger partial charge < -0.3 is 20.3 Å². The van der Waals surface area contributed by atoms with E-state index < -0.39 is 0 Å². The van der Waals surface area contributed by atoms with Gasteiger partial charge in [-0.3, -0.25) is 0 Å². The Hall–Kier alpha value is -3.63. The van der Waals surface area contributed by atoms with E-state index in [2.05, 4.69) is 43.7 Å². The van der Waals surface area contributed by atoms with Gasteiger partial charge >= 0.3 is 0 Å². The van der Waals surface area contributed by atoms with Crippen LogP contribution in [0.4, 0.5) is 28.7 Å². The van der Waals surface area contributed by atoms with Gasteiger partial charge in [-0.2, -0.15) is 5.26 Å². The minimum atomic E-state index is 0.622. The highest BCUT2D eigenvalue weighted by molar-refractivity contribution is 5.75. The van der Waals surface area contributed by atoms with Crippen molar-refractivity contribution in [1.82, 2.24) is 9.97 Å². The van der Waals surface area contributed by atoms with E-state index in [4.69, 9.17) is 10.00 Å². The maximum atomic E-state index is 8.94. The highest BCUT2D eigenvalue weighted by Gasteiger charge is 2.15. The third-order valence-electron chi connectivity index (χ3n) is 4.64. The van der Waals surface area contributed by atoms with E-state index >= 15 is 0 Å². The van der Waals surface area contributed by atoms with E-state index in [1.165, 1.54) is 0 Å². The van der Waals surface area contributed by atoms with Gasteiger partial charge in [-0.15, -0.1) is 0 Å². The summed E-state index contributed by atoms with van der Waals surface area (Å²) in [5, 5.41) is 15.6. The highest BCUT2D eigenvalue weighted by atomic mass is 16.5. The summed E-state index contributed by atoms with van der Waals surface area (Å²) in [6, 6.07) is 19.5. The molecule has 2 aromatic carbocycles. The Labute approximate surface area is 170 Å². The topological polar surface area (TPSA) is 86.1 Å². The second-order valence-electron chi connectivity index (χ2n) is 6.74. The van der Waals surface area contributed by atoms with Crippen LogP contribution in [0.2, 0.25) is 0 Å². The highest BCUT2D eigenvalue weighted by Crippen LogP contribution is 2.29. The van der Waals surface area contributed by atoms with Crippen LogP contribution in [-0.2, 0) is 4.74 Å². The Morgan fingerprint density at radius 3 is 2.38 bits per heavy atom. The van der Waals surface area contributed by atoms with E-state index in [0.29, 0.717) is 23.0 Å². The fourth-order valence-corrected chi connectivity index (χ4v) is 3.27. The van der Waals surface area contributed by atoms with Crippen molar-refractivity contribution in [2.75, 3.05) is 41.8 Å². The van der Waals surface area contributed by atoms with Gasteiger partial charge in [0.1, 0.15) is 17.5 Å². The van der Waals surface area contributed by atoms with Gasteiger partial charge in [-0.25, -0.2) is 9.97 Å². The number of aryl methyl sites for hydroxylation is 1. The standard InChI is InChI=1S/C22H22N6O/c1-16-24-21(26-18-8-6-17(15-23)7-9-18)14-22(25-16)27-19-4-2-3-5-20(19)28-10-12-29-13-11-28/h2-9,14H,10-13H2,1H3,(H2,24,25,26,27). The molecular weight excluding hydrogens is 364 g/mol. The zero-order valence-corrected chi connectivity index (χ0v) is 16.2. The first-order chi connectivity index (χ1) is 14.2. The quantitative estimate of drug-likeness (QED) is 0.686. The van der Waals surface area contributed by atoms with Crippen LogP contribution in [-0.4, -0.2) is 36.3 Å². The molecule has 0 spiro atoms. The van der Waals surface area contributed by atoms with Crippen LogP contribution >= 0.6 is 0 Å². The van der Waals surface area contributed by atoms with Crippen molar-refractivity contribution in [2.45, 2.75) is 6.92 Å². The van der Waals surface area contributed by atoms with E-state index in [1.54, 1.807) is 12.1 Å². The van der Waals surface area contributed by atoms with E-state index in [0.717, 1.165) is 43.4 Å². The summed E-state index contributed by atoms with van der Waals surface area (Å²) in [5.41, 5.74) is 3.61. The Kier molecular flexibility index (Phi) is 5.54. The van der Waals surface area contributed by atoms with Gasteiger partial charge in [-0.1, -0.05) is 12.1 Å². The Balaban J connectivity index is 1.56. The predicted octanol–water partition coefficient (Wildman–Crippen LogP) is 3.98. The third kappa shape index (κ3) is 4.62. The molecule has 7 heteroatoms. The SMILES string of the molecule is Cc1nc(Nc2ccc(C#N)cc2)cc(Nc2ccccc2N2CCOCC2)n1. The zero-order valence-electron chi connectivity index (χ0n) is 16.2. The lowest BCUT2D eigenvalue weighted by Gasteiger charge is -2.30. The monoisotopic (exact) mass is 386 g/mol. The van der Waals surface area contributed by atoms with E-state index in [1.807, 2.05) is 37.3 Å². The first kappa shape index (κ1) is 18.7. The molecule has 0 amide bonds.